The third-order valence-electron chi connectivity index (χ3n) is 2.82. The van der Waals surface area contributed by atoms with Crippen LogP contribution in [0.2, 0.25) is 0 Å². The van der Waals surface area contributed by atoms with Crippen LogP contribution >= 0.6 is 0 Å². The molecule has 0 saturated carbocycles. The van der Waals surface area contributed by atoms with Crippen LogP contribution in [0.5, 0.6) is 0 Å². The van der Waals surface area contributed by atoms with Crippen LogP contribution in [0, 0.1) is 0 Å². The monoisotopic (exact) mass is 235 g/mol. The maximum absolute atomic E-state index is 11.8. The SMILES string of the molecule is CC(=O)c1ccc(NC(=O)[C@@H](C)[NH+](C)C)cc1. The average Bonchev–Trinajstić information content (AvgIpc) is 2.28. The molecule has 0 aromatic heterocycles. The first-order valence-electron chi connectivity index (χ1n) is 5.63. The van der Waals surface area contributed by atoms with Gasteiger partial charge in [0.1, 0.15) is 0 Å². The van der Waals surface area contributed by atoms with Crippen molar-refractivity contribution >= 4 is 17.4 Å². The number of amides is 1. The van der Waals surface area contributed by atoms with Crippen molar-refractivity contribution in [2.75, 3.05) is 19.4 Å². The van der Waals surface area contributed by atoms with Crippen LogP contribution in [-0.4, -0.2) is 31.8 Å². The zero-order valence-corrected chi connectivity index (χ0v) is 10.7. The van der Waals surface area contributed by atoms with Gasteiger partial charge in [-0.15, -0.1) is 0 Å². The Kier molecular flexibility index (Phi) is 4.40. The van der Waals surface area contributed by atoms with Gasteiger partial charge in [-0.05, 0) is 38.1 Å². The summed E-state index contributed by atoms with van der Waals surface area (Å²) in [5.41, 5.74) is 1.36. The highest BCUT2D eigenvalue weighted by Crippen LogP contribution is 2.10. The summed E-state index contributed by atoms with van der Waals surface area (Å²) in [5, 5.41) is 2.82. The molecule has 4 heteroatoms. The first-order valence-corrected chi connectivity index (χ1v) is 5.63. The van der Waals surface area contributed by atoms with Gasteiger partial charge in [-0.1, -0.05) is 0 Å². The molecule has 0 unspecified atom stereocenters. The maximum atomic E-state index is 11.8. The number of hydrogen-bond acceptors (Lipinski definition) is 2. The largest absolute Gasteiger partial charge is 0.330 e. The van der Waals surface area contributed by atoms with Crippen LogP contribution in [0.25, 0.3) is 0 Å². The smallest absolute Gasteiger partial charge is 0.282 e. The molecule has 0 saturated heterocycles. The molecule has 17 heavy (non-hydrogen) atoms. The second kappa shape index (κ2) is 5.59. The van der Waals surface area contributed by atoms with Crippen LogP contribution in [0.1, 0.15) is 24.2 Å². The van der Waals surface area contributed by atoms with Gasteiger partial charge >= 0.3 is 0 Å². The molecule has 0 aliphatic heterocycles. The van der Waals surface area contributed by atoms with Crippen LogP contribution in [0.3, 0.4) is 0 Å². The minimum atomic E-state index is -0.109. The zero-order valence-electron chi connectivity index (χ0n) is 10.7. The van der Waals surface area contributed by atoms with Gasteiger partial charge in [0.25, 0.3) is 5.91 Å². The van der Waals surface area contributed by atoms with E-state index in [4.69, 9.17) is 0 Å². The summed E-state index contributed by atoms with van der Waals surface area (Å²) >= 11 is 0. The molecule has 0 fully saturated rings. The van der Waals surface area contributed by atoms with Crippen molar-refractivity contribution in [3.05, 3.63) is 29.8 Å². The third-order valence-corrected chi connectivity index (χ3v) is 2.82. The minimum absolute atomic E-state index is 0.0222. The molecule has 0 aliphatic carbocycles. The summed E-state index contributed by atoms with van der Waals surface area (Å²) in [6.07, 6.45) is 0. The lowest BCUT2D eigenvalue weighted by molar-refractivity contribution is -0.873. The molecule has 1 rings (SSSR count). The Morgan fingerprint density at radius 3 is 2.12 bits per heavy atom. The molecular weight excluding hydrogens is 216 g/mol. The van der Waals surface area contributed by atoms with Crippen molar-refractivity contribution in [3.63, 3.8) is 0 Å². The molecule has 0 radical (unpaired) electrons. The third kappa shape index (κ3) is 3.67. The van der Waals surface area contributed by atoms with E-state index >= 15 is 0 Å². The topological polar surface area (TPSA) is 50.6 Å². The number of nitrogens with one attached hydrogen (secondary N) is 2. The predicted octanol–water partition coefficient (Wildman–Crippen LogP) is 0.361. The molecule has 1 aromatic carbocycles. The molecule has 4 nitrogen and oxygen atoms in total. The average molecular weight is 235 g/mol. The summed E-state index contributed by atoms with van der Waals surface area (Å²) in [6, 6.07) is 6.80. The van der Waals surface area contributed by atoms with Gasteiger partial charge in [0.05, 0.1) is 14.1 Å². The fraction of sp³-hybridized carbons (Fsp3) is 0.385. The van der Waals surface area contributed by atoms with Crippen molar-refractivity contribution in [1.29, 1.82) is 0 Å². The van der Waals surface area contributed by atoms with Crippen molar-refractivity contribution < 1.29 is 14.5 Å². The maximum Gasteiger partial charge on any atom is 0.282 e. The number of carbonyl (C=O) groups excluding carboxylic acids is 2. The number of likely N-dealkylation sites (N-methyl/N-ethyl adjacent to an activating group) is 1. The highest BCUT2D eigenvalue weighted by Gasteiger charge is 2.18. The van der Waals surface area contributed by atoms with E-state index < -0.39 is 0 Å². The van der Waals surface area contributed by atoms with Gasteiger partial charge < -0.3 is 10.2 Å². The van der Waals surface area contributed by atoms with Crippen molar-refractivity contribution in [1.82, 2.24) is 0 Å². The Morgan fingerprint density at radius 2 is 1.71 bits per heavy atom. The number of anilines is 1. The number of rotatable bonds is 4. The fourth-order valence-corrected chi connectivity index (χ4v) is 1.30. The molecule has 1 amide bonds. The highest BCUT2D eigenvalue weighted by molar-refractivity contribution is 5.96. The molecule has 0 bridgehead atoms. The van der Waals surface area contributed by atoms with Crippen LogP contribution in [0.15, 0.2) is 24.3 Å². The Balaban J connectivity index is 2.70. The van der Waals surface area contributed by atoms with Crippen LogP contribution in [0.4, 0.5) is 5.69 Å². The number of benzene rings is 1. The first kappa shape index (κ1) is 13.4. The highest BCUT2D eigenvalue weighted by atomic mass is 16.2. The predicted molar refractivity (Wildman–Crippen MR) is 67.3 cm³/mol. The van der Waals surface area contributed by atoms with E-state index in [0.717, 1.165) is 4.90 Å². The number of Topliss-reactive ketones (excluding diaryl/α,β-unsaturated/α-hetero) is 1. The minimum Gasteiger partial charge on any atom is -0.330 e. The molecule has 1 aromatic rings. The van der Waals surface area contributed by atoms with Crippen LogP contribution < -0.4 is 10.2 Å². The van der Waals surface area contributed by atoms with E-state index in [1.807, 2.05) is 21.0 Å². The van der Waals surface area contributed by atoms with Gasteiger partial charge in [0.2, 0.25) is 0 Å². The Labute approximate surface area is 102 Å². The molecule has 92 valence electrons. The summed E-state index contributed by atoms with van der Waals surface area (Å²) < 4.78 is 0. The van der Waals surface area contributed by atoms with Crippen LogP contribution in [-0.2, 0) is 4.79 Å². The molecule has 2 N–H and O–H groups in total. The summed E-state index contributed by atoms with van der Waals surface area (Å²) in [7, 11) is 3.87. The Morgan fingerprint density at radius 1 is 1.18 bits per heavy atom. The summed E-state index contributed by atoms with van der Waals surface area (Å²) in [6.45, 7) is 3.39. The lowest BCUT2D eigenvalue weighted by Gasteiger charge is -2.16. The Bertz CT molecular complexity index is 410. The molecule has 0 aliphatic rings. The summed E-state index contributed by atoms with van der Waals surface area (Å²) in [4.78, 5) is 23.9. The van der Waals surface area contributed by atoms with E-state index in [1.165, 1.54) is 6.92 Å². The van der Waals surface area contributed by atoms with E-state index in [0.29, 0.717) is 11.3 Å². The standard InChI is InChI=1S/C13H18N2O2/c1-9(15(3)4)13(17)14-12-7-5-11(6-8-12)10(2)16/h5-9H,1-4H3,(H,14,17)/p+1/t9-/m1/s1. The normalized spacial score (nSPS) is 12.3. The van der Waals surface area contributed by atoms with E-state index in [1.54, 1.807) is 24.3 Å². The number of quaternary nitrogens is 1. The first-order chi connectivity index (χ1) is 7.91. The lowest BCUT2D eigenvalue weighted by Crippen LogP contribution is -3.11. The zero-order chi connectivity index (χ0) is 13.0. The van der Waals surface area contributed by atoms with E-state index in [-0.39, 0.29) is 17.7 Å². The number of hydrogen-bond donors (Lipinski definition) is 2. The molecule has 0 spiro atoms. The Hall–Kier alpha value is -1.68. The molecular formula is C13H19N2O2+. The quantitative estimate of drug-likeness (QED) is 0.740. The number of carbonyl (C=O) groups is 2. The lowest BCUT2D eigenvalue weighted by atomic mass is 10.1. The van der Waals surface area contributed by atoms with E-state index in [9.17, 15) is 9.59 Å². The van der Waals surface area contributed by atoms with E-state index in [2.05, 4.69) is 5.32 Å². The van der Waals surface area contributed by atoms with Crippen molar-refractivity contribution in [3.8, 4) is 0 Å². The van der Waals surface area contributed by atoms with Gasteiger partial charge in [-0.2, -0.15) is 0 Å². The molecule has 0 heterocycles. The fourth-order valence-electron chi connectivity index (χ4n) is 1.30. The van der Waals surface area contributed by atoms with Gasteiger partial charge in [-0.3, -0.25) is 9.59 Å². The van der Waals surface area contributed by atoms with Gasteiger partial charge in [0, 0.05) is 11.3 Å². The second-order valence-corrected chi connectivity index (χ2v) is 4.42. The second-order valence-electron chi connectivity index (χ2n) is 4.42. The number of ketones is 1. The molecule has 1 atom stereocenters. The van der Waals surface area contributed by atoms with Gasteiger partial charge in [-0.25, -0.2) is 0 Å². The summed E-state index contributed by atoms with van der Waals surface area (Å²) in [5.74, 6) is -0.00504. The van der Waals surface area contributed by atoms with Crippen molar-refractivity contribution in [2.24, 2.45) is 0 Å². The van der Waals surface area contributed by atoms with Gasteiger partial charge in [0.15, 0.2) is 11.8 Å². The van der Waals surface area contributed by atoms with Crippen molar-refractivity contribution in [2.45, 2.75) is 19.9 Å².